The van der Waals surface area contributed by atoms with Gasteiger partial charge >= 0.3 is 0 Å². The summed E-state index contributed by atoms with van der Waals surface area (Å²) in [6.45, 7) is 0.332. The largest absolute Gasteiger partial charge is 0.398 e. The molecule has 0 saturated carbocycles. The van der Waals surface area contributed by atoms with Gasteiger partial charge in [0.1, 0.15) is 6.61 Å². The van der Waals surface area contributed by atoms with Gasteiger partial charge in [0.25, 0.3) is 5.91 Å². The third-order valence-electron chi connectivity index (χ3n) is 5.64. The van der Waals surface area contributed by atoms with E-state index in [1.807, 2.05) is 0 Å². The highest BCUT2D eigenvalue weighted by Gasteiger charge is 2.41. The van der Waals surface area contributed by atoms with Gasteiger partial charge in [-0.25, -0.2) is 5.48 Å². The highest BCUT2D eigenvalue weighted by molar-refractivity contribution is 6.33. The number of fused-ring (bicyclic) bond motifs is 2. The lowest BCUT2D eigenvalue weighted by molar-refractivity contribution is -0.0667. The van der Waals surface area contributed by atoms with E-state index in [1.54, 1.807) is 19.2 Å². The van der Waals surface area contributed by atoms with E-state index in [0.717, 1.165) is 12.8 Å². The Bertz CT molecular complexity index is 614. The second kappa shape index (κ2) is 7.91. The van der Waals surface area contributed by atoms with Crippen molar-refractivity contribution in [2.45, 2.75) is 43.9 Å². The number of carbonyl (C=O) groups is 1. The normalized spacial score (nSPS) is 27.2. The average molecular weight is 368 g/mol. The Morgan fingerprint density at radius 2 is 2.08 bits per heavy atom. The Labute approximate surface area is 153 Å². The highest BCUT2D eigenvalue weighted by Crippen LogP contribution is 2.39. The molecule has 138 valence electrons. The Morgan fingerprint density at radius 3 is 2.68 bits per heavy atom. The minimum atomic E-state index is -0.347. The van der Waals surface area contributed by atoms with Gasteiger partial charge in [-0.1, -0.05) is 11.6 Å². The monoisotopic (exact) mass is 367 g/mol. The molecule has 25 heavy (non-hydrogen) atoms. The number of methoxy groups -OCH3 is 1. The van der Waals surface area contributed by atoms with Crippen molar-refractivity contribution in [3.8, 4) is 0 Å². The summed E-state index contributed by atoms with van der Waals surface area (Å²) < 4.78 is 5.64. The van der Waals surface area contributed by atoms with Crippen molar-refractivity contribution < 1.29 is 14.4 Å². The van der Waals surface area contributed by atoms with Gasteiger partial charge in [-0.2, -0.15) is 0 Å². The smallest absolute Gasteiger partial charge is 0.274 e. The Kier molecular flexibility index (Phi) is 5.84. The van der Waals surface area contributed by atoms with Crippen LogP contribution < -0.4 is 11.2 Å². The molecule has 6 nitrogen and oxygen atoms in total. The first-order valence-electron chi connectivity index (χ1n) is 8.71. The van der Waals surface area contributed by atoms with Crippen LogP contribution in [0.15, 0.2) is 18.2 Å². The van der Waals surface area contributed by atoms with Crippen LogP contribution in [0, 0.1) is 5.92 Å². The number of hydrogen-bond acceptors (Lipinski definition) is 5. The van der Waals surface area contributed by atoms with Crippen LogP contribution in [0.3, 0.4) is 0 Å². The van der Waals surface area contributed by atoms with E-state index in [2.05, 4.69) is 17.4 Å². The van der Waals surface area contributed by atoms with Gasteiger partial charge in [-0.05, 0) is 56.8 Å². The van der Waals surface area contributed by atoms with Crippen molar-refractivity contribution in [1.29, 1.82) is 0 Å². The molecule has 0 aliphatic carbocycles. The predicted octanol–water partition coefficient (Wildman–Crippen LogP) is 2.47. The Balaban J connectivity index is 1.50. The number of nitrogen functional groups attached to an aromatic ring is 1. The second-order valence-electron chi connectivity index (χ2n) is 7.03. The SMILES string of the molecule is COC(CONC(=O)c1ccc(N)c(Cl)c1)C1CC2CCC(C1)N2C. The number of hydroxylamine groups is 1. The zero-order chi connectivity index (χ0) is 18.0. The first kappa shape index (κ1) is 18.5. The minimum Gasteiger partial charge on any atom is -0.398 e. The van der Waals surface area contributed by atoms with Crippen LogP contribution in [0.4, 0.5) is 5.69 Å². The van der Waals surface area contributed by atoms with E-state index in [1.165, 1.54) is 18.9 Å². The van der Waals surface area contributed by atoms with Crippen molar-refractivity contribution in [2.75, 3.05) is 26.5 Å². The molecule has 2 aliphatic rings. The second-order valence-corrected chi connectivity index (χ2v) is 7.44. The predicted molar refractivity (Wildman–Crippen MR) is 97.4 cm³/mol. The van der Waals surface area contributed by atoms with Crippen LogP contribution in [-0.2, 0) is 9.57 Å². The standard InChI is InChI=1S/C18H26ClN3O3/c1-22-13-4-5-14(22)8-12(7-13)17(24-2)10-25-21-18(23)11-3-6-16(20)15(19)9-11/h3,6,9,12-14,17H,4-5,7-8,10,20H2,1-2H3,(H,21,23). The van der Waals surface area contributed by atoms with Gasteiger partial charge in [-0.15, -0.1) is 0 Å². The number of rotatable bonds is 6. The maximum Gasteiger partial charge on any atom is 0.274 e. The average Bonchev–Trinajstić information content (AvgIpc) is 2.82. The van der Waals surface area contributed by atoms with Crippen LogP contribution >= 0.6 is 11.6 Å². The third-order valence-corrected chi connectivity index (χ3v) is 5.97. The molecule has 2 fully saturated rings. The number of nitrogens with two attached hydrogens (primary N) is 1. The number of ether oxygens (including phenoxy) is 1. The van der Waals surface area contributed by atoms with Gasteiger partial charge in [0, 0.05) is 24.8 Å². The number of carbonyl (C=O) groups excluding carboxylic acids is 1. The number of halogens is 1. The molecule has 3 rings (SSSR count). The van der Waals surface area contributed by atoms with Crippen LogP contribution in [0.2, 0.25) is 5.02 Å². The third kappa shape index (κ3) is 4.08. The molecule has 2 aliphatic heterocycles. The summed E-state index contributed by atoms with van der Waals surface area (Å²) >= 11 is 5.94. The van der Waals surface area contributed by atoms with E-state index < -0.39 is 0 Å². The first-order valence-corrected chi connectivity index (χ1v) is 9.09. The summed E-state index contributed by atoms with van der Waals surface area (Å²) in [6, 6.07) is 6.03. The minimum absolute atomic E-state index is 0.0212. The molecule has 7 heteroatoms. The topological polar surface area (TPSA) is 76.8 Å². The fraction of sp³-hybridized carbons (Fsp3) is 0.611. The lowest BCUT2D eigenvalue weighted by Crippen LogP contribution is -2.45. The van der Waals surface area contributed by atoms with E-state index in [4.69, 9.17) is 26.9 Å². The quantitative estimate of drug-likeness (QED) is 0.596. The van der Waals surface area contributed by atoms with E-state index in [0.29, 0.717) is 40.9 Å². The number of piperidine rings is 1. The number of hydrogen-bond donors (Lipinski definition) is 2. The lowest BCUT2D eigenvalue weighted by Gasteiger charge is -2.39. The number of nitrogens with zero attached hydrogens (tertiary/aromatic N) is 1. The Morgan fingerprint density at radius 1 is 1.40 bits per heavy atom. The van der Waals surface area contributed by atoms with Crippen LogP contribution in [0.1, 0.15) is 36.0 Å². The number of anilines is 1. The summed E-state index contributed by atoms with van der Waals surface area (Å²) in [6.07, 6.45) is 4.76. The molecule has 2 bridgehead atoms. The number of benzene rings is 1. The van der Waals surface area contributed by atoms with Gasteiger partial charge in [0.05, 0.1) is 16.8 Å². The molecule has 3 atom stereocenters. The van der Waals surface area contributed by atoms with Crippen LogP contribution in [0.25, 0.3) is 0 Å². The molecule has 2 heterocycles. The molecule has 3 N–H and O–H groups in total. The fourth-order valence-corrected chi connectivity index (χ4v) is 4.25. The molecule has 0 aromatic heterocycles. The maximum absolute atomic E-state index is 12.1. The summed E-state index contributed by atoms with van der Waals surface area (Å²) in [5.74, 6) is 0.113. The highest BCUT2D eigenvalue weighted by atomic mass is 35.5. The molecule has 0 radical (unpaired) electrons. The molecule has 1 aromatic rings. The number of nitrogens with one attached hydrogen (secondary N) is 1. The summed E-state index contributed by atoms with van der Waals surface area (Å²) in [5, 5.41) is 0.351. The lowest BCUT2D eigenvalue weighted by atomic mass is 9.87. The van der Waals surface area contributed by atoms with Crippen molar-refractivity contribution in [3.05, 3.63) is 28.8 Å². The molecule has 0 spiro atoms. The van der Waals surface area contributed by atoms with Gasteiger partial charge < -0.3 is 15.4 Å². The van der Waals surface area contributed by atoms with Crippen molar-refractivity contribution >= 4 is 23.2 Å². The van der Waals surface area contributed by atoms with Crippen molar-refractivity contribution in [1.82, 2.24) is 10.4 Å². The fourth-order valence-electron chi connectivity index (χ4n) is 4.07. The zero-order valence-corrected chi connectivity index (χ0v) is 15.5. The molecule has 1 aromatic carbocycles. The molecule has 2 saturated heterocycles. The van der Waals surface area contributed by atoms with E-state index in [-0.39, 0.29) is 12.0 Å². The maximum atomic E-state index is 12.1. The van der Waals surface area contributed by atoms with E-state index in [9.17, 15) is 4.79 Å². The van der Waals surface area contributed by atoms with Crippen LogP contribution in [0.5, 0.6) is 0 Å². The van der Waals surface area contributed by atoms with Gasteiger partial charge in [0.2, 0.25) is 0 Å². The van der Waals surface area contributed by atoms with Gasteiger partial charge in [-0.3, -0.25) is 9.63 Å². The van der Waals surface area contributed by atoms with E-state index >= 15 is 0 Å². The summed E-state index contributed by atoms with van der Waals surface area (Å²) in [4.78, 5) is 20.1. The first-order chi connectivity index (χ1) is 12.0. The van der Waals surface area contributed by atoms with Gasteiger partial charge in [0.15, 0.2) is 0 Å². The zero-order valence-electron chi connectivity index (χ0n) is 14.7. The molecule has 1 amide bonds. The van der Waals surface area contributed by atoms with Crippen LogP contribution in [-0.4, -0.2) is 49.8 Å². The summed E-state index contributed by atoms with van der Waals surface area (Å²) in [5.41, 5.74) is 8.97. The molecule has 3 unspecified atom stereocenters. The van der Waals surface area contributed by atoms with Crippen molar-refractivity contribution in [2.24, 2.45) is 5.92 Å². The Hall–Kier alpha value is -1.34. The molecular weight excluding hydrogens is 342 g/mol. The number of amides is 1. The van der Waals surface area contributed by atoms with Crippen molar-refractivity contribution in [3.63, 3.8) is 0 Å². The summed E-state index contributed by atoms with van der Waals surface area (Å²) in [7, 11) is 3.92. The molecular formula is C18H26ClN3O3.